The molecule has 2 aromatic rings. The number of nitrogens with zero attached hydrogens (tertiary/aromatic N) is 1. The van der Waals surface area contributed by atoms with E-state index in [-0.39, 0.29) is 11.4 Å². The van der Waals surface area contributed by atoms with Crippen molar-refractivity contribution in [3.63, 3.8) is 0 Å². The van der Waals surface area contributed by atoms with Gasteiger partial charge in [0.2, 0.25) is 0 Å². The molecule has 4 bridgehead atoms. The van der Waals surface area contributed by atoms with Crippen molar-refractivity contribution in [2.75, 3.05) is 19.6 Å². The lowest BCUT2D eigenvalue weighted by Gasteiger charge is -2.58. The number of carbonyl (C=O) groups excluding carboxylic acids is 1. The third-order valence-corrected chi connectivity index (χ3v) is 6.58. The van der Waals surface area contributed by atoms with E-state index in [0.717, 1.165) is 23.9 Å². The van der Waals surface area contributed by atoms with Crippen molar-refractivity contribution in [2.45, 2.75) is 24.8 Å². The van der Waals surface area contributed by atoms with Crippen LogP contribution >= 0.6 is 11.3 Å². The Labute approximate surface area is 134 Å². The number of hydrogen-bond acceptors (Lipinski definition) is 3. The zero-order valence-corrected chi connectivity index (χ0v) is 13.4. The molecular weight excluding hydrogens is 292 g/mol. The minimum atomic E-state index is 0.0325. The zero-order valence-electron chi connectivity index (χ0n) is 12.5. The van der Waals surface area contributed by atoms with E-state index in [1.165, 1.54) is 42.4 Å². The average molecular weight is 312 g/mol. The van der Waals surface area contributed by atoms with E-state index in [0.29, 0.717) is 0 Å². The van der Waals surface area contributed by atoms with Gasteiger partial charge in [0.1, 0.15) is 0 Å². The highest BCUT2D eigenvalue weighted by molar-refractivity contribution is 7.17. The molecule has 6 rings (SSSR count). The van der Waals surface area contributed by atoms with Gasteiger partial charge < -0.3 is 10.2 Å². The summed E-state index contributed by atoms with van der Waals surface area (Å²) in [6.07, 6.45) is 3.72. The van der Waals surface area contributed by atoms with E-state index >= 15 is 0 Å². The molecule has 0 radical (unpaired) electrons. The van der Waals surface area contributed by atoms with Gasteiger partial charge in [0, 0.05) is 29.9 Å². The number of amides is 1. The monoisotopic (exact) mass is 312 g/mol. The molecule has 3 saturated heterocycles. The van der Waals surface area contributed by atoms with Gasteiger partial charge in [0.15, 0.2) is 0 Å². The molecular formula is C18H20N2OS. The topological polar surface area (TPSA) is 32.3 Å². The van der Waals surface area contributed by atoms with Crippen molar-refractivity contribution >= 4 is 27.3 Å². The third-order valence-electron chi connectivity index (χ3n) is 5.68. The Morgan fingerprint density at radius 1 is 1.23 bits per heavy atom. The molecule has 4 fully saturated rings. The van der Waals surface area contributed by atoms with Gasteiger partial charge in [0.05, 0.1) is 5.54 Å². The van der Waals surface area contributed by atoms with Gasteiger partial charge in [-0.05, 0) is 66.1 Å². The molecule has 3 nitrogen and oxygen atoms in total. The summed E-state index contributed by atoms with van der Waals surface area (Å²) >= 11 is 1.72. The van der Waals surface area contributed by atoms with Crippen LogP contribution in [-0.4, -0.2) is 36.0 Å². The maximum Gasteiger partial charge on any atom is 0.251 e. The highest BCUT2D eigenvalue weighted by Crippen LogP contribution is 2.45. The Morgan fingerprint density at radius 3 is 2.82 bits per heavy atom. The number of thiophene rings is 1. The largest absolute Gasteiger partial charge is 0.345 e. The number of rotatable bonds is 2. The first-order chi connectivity index (χ1) is 10.7. The van der Waals surface area contributed by atoms with E-state index in [9.17, 15) is 4.79 Å². The van der Waals surface area contributed by atoms with Crippen molar-refractivity contribution in [3.8, 4) is 0 Å². The first kappa shape index (κ1) is 13.1. The predicted molar refractivity (Wildman–Crippen MR) is 89.3 cm³/mol. The number of fused-ring (bicyclic) bond motifs is 1. The van der Waals surface area contributed by atoms with Crippen LogP contribution in [0.5, 0.6) is 0 Å². The van der Waals surface area contributed by atoms with Crippen LogP contribution in [-0.2, 0) is 0 Å². The van der Waals surface area contributed by atoms with Crippen LogP contribution in [0.25, 0.3) is 10.1 Å². The van der Waals surface area contributed by atoms with Gasteiger partial charge in [-0.1, -0.05) is 0 Å². The number of carbonyl (C=O) groups is 1. The number of nitrogens with one attached hydrogen (secondary N) is 1. The second-order valence-corrected chi connectivity index (χ2v) is 8.43. The average Bonchev–Trinajstić information content (AvgIpc) is 2.92. The lowest BCUT2D eigenvalue weighted by Crippen LogP contribution is -2.68. The second kappa shape index (κ2) is 4.56. The predicted octanol–water partition coefficient (Wildman–Crippen LogP) is 3.12. The smallest absolute Gasteiger partial charge is 0.251 e. The fourth-order valence-corrected chi connectivity index (χ4v) is 5.93. The molecule has 114 valence electrons. The van der Waals surface area contributed by atoms with Crippen LogP contribution < -0.4 is 5.32 Å². The Morgan fingerprint density at radius 2 is 2.05 bits per heavy atom. The zero-order chi connectivity index (χ0) is 14.7. The van der Waals surface area contributed by atoms with E-state index in [4.69, 9.17) is 0 Å². The lowest BCUT2D eigenvalue weighted by atomic mass is 9.64. The molecule has 1 saturated carbocycles. The highest BCUT2D eigenvalue weighted by atomic mass is 32.1. The Balaban J connectivity index is 1.42. The molecule has 3 aliphatic heterocycles. The molecule has 22 heavy (non-hydrogen) atoms. The Hall–Kier alpha value is -1.39. The first-order valence-corrected chi connectivity index (χ1v) is 9.09. The first-order valence-electron chi connectivity index (χ1n) is 8.21. The summed E-state index contributed by atoms with van der Waals surface area (Å²) in [5.74, 6) is 1.69. The molecule has 0 spiro atoms. The maximum atomic E-state index is 12.8. The molecule has 4 heterocycles. The minimum absolute atomic E-state index is 0.0325. The fraction of sp³-hybridized carbons (Fsp3) is 0.500. The number of piperidine rings is 3. The molecule has 1 N–H and O–H groups in total. The summed E-state index contributed by atoms with van der Waals surface area (Å²) in [6.45, 7) is 3.54. The molecule has 1 aromatic heterocycles. The normalized spacial score (nSPS) is 35.9. The number of hydrogen-bond donors (Lipinski definition) is 1. The summed E-state index contributed by atoms with van der Waals surface area (Å²) in [5.41, 5.74) is 0.835. The van der Waals surface area contributed by atoms with Crippen molar-refractivity contribution < 1.29 is 4.79 Å². The van der Waals surface area contributed by atoms with Crippen molar-refractivity contribution in [2.24, 2.45) is 11.8 Å². The molecule has 1 aliphatic carbocycles. The van der Waals surface area contributed by atoms with Crippen LogP contribution in [0, 0.1) is 11.8 Å². The highest BCUT2D eigenvalue weighted by Gasteiger charge is 2.50. The summed E-state index contributed by atoms with van der Waals surface area (Å²) in [5, 5.41) is 6.68. The number of benzene rings is 1. The van der Waals surface area contributed by atoms with E-state index < -0.39 is 0 Å². The minimum Gasteiger partial charge on any atom is -0.345 e. The Bertz CT molecular complexity index is 715. The van der Waals surface area contributed by atoms with Crippen LogP contribution in [0.2, 0.25) is 0 Å². The fourth-order valence-electron chi connectivity index (χ4n) is 5.16. The van der Waals surface area contributed by atoms with Crippen LogP contribution in [0.15, 0.2) is 29.6 Å². The molecule has 1 amide bonds. The van der Waals surface area contributed by atoms with Crippen molar-refractivity contribution in [1.82, 2.24) is 10.2 Å². The van der Waals surface area contributed by atoms with E-state index in [1.54, 1.807) is 11.3 Å². The molecule has 4 heteroatoms. The standard InChI is InChI=1S/C18H20N2OS/c21-17(15-1-2-16-14(6-15)3-4-22-16)19-18-7-12-5-13(8-18)10-20(9-12)11-18/h1-4,6,12-13H,5,7-11H2,(H,19,21). The van der Waals surface area contributed by atoms with Gasteiger partial charge >= 0.3 is 0 Å². The van der Waals surface area contributed by atoms with E-state index in [1.807, 2.05) is 12.1 Å². The summed E-state index contributed by atoms with van der Waals surface area (Å²) in [4.78, 5) is 15.3. The summed E-state index contributed by atoms with van der Waals surface area (Å²) in [7, 11) is 0. The van der Waals surface area contributed by atoms with E-state index in [2.05, 4.69) is 27.7 Å². The quantitative estimate of drug-likeness (QED) is 0.924. The van der Waals surface area contributed by atoms with Gasteiger partial charge in [-0.3, -0.25) is 4.79 Å². The van der Waals surface area contributed by atoms with Gasteiger partial charge in [0.25, 0.3) is 5.91 Å². The molecule has 2 atom stereocenters. The Kier molecular flexibility index (Phi) is 2.71. The van der Waals surface area contributed by atoms with Crippen LogP contribution in [0.4, 0.5) is 0 Å². The lowest BCUT2D eigenvalue weighted by molar-refractivity contribution is -0.0460. The van der Waals surface area contributed by atoms with Crippen molar-refractivity contribution in [1.29, 1.82) is 0 Å². The van der Waals surface area contributed by atoms with Gasteiger partial charge in [-0.25, -0.2) is 0 Å². The summed E-state index contributed by atoms with van der Waals surface area (Å²) in [6, 6.07) is 8.15. The SMILES string of the molecule is O=C(NC12CC3CC(CN(C3)C1)C2)c1ccc2sccc2c1. The molecule has 2 unspecified atom stereocenters. The van der Waals surface area contributed by atoms with Gasteiger partial charge in [-0.2, -0.15) is 0 Å². The molecule has 4 aliphatic rings. The van der Waals surface area contributed by atoms with Crippen LogP contribution in [0.1, 0.15) is 29.6 Å². The van der Waals surface area contributed by atoms with Crippen LogP contribution in [0.3, 0.4) is 0 Å². The van der Waals surface area contributed by atoms with Crippen molar-refractivity contribution in [3.05, 3.63) is 35.2 Å². The third kappa shape index (κ3) is 2.01. The summed E-state index contributed by atoms with van der Waals surface area (Å²) < 4.78 is 1.25. The maximum absolute atomic E-state index is 12.8. The second-order valence-electron chi connectivity index (χ2n) is 7.48. The molecule has 1 aromatic carbocycles. The van der Waals surface area contributed by atoms with Gasteiger partial charge in [-0.15, -0.1) is 11.3 Å².